The lowest BCUT2D eigenvalue weighted by molar-refractivity contribution is -0.137. The Morgan fingerprint density at radius 2 is 2.03 bits per heavy atom. The van der Waals surface area contributed by atoms with Crippen LogP contribution in [0.2, 0.25) is 0 Å². The van der Waals surface area contributed by atoms with Crippen LogP contribution in [0, 0.1) is 6.92 Å². The van der Waals surface area contributed by atoms with E-state index in [-0.39, 0.29) is 24.1 Å². The molecule has 1 unspecified atom stereocenters. The first kappa shape index (κ1) is 21.8. The Bertz CT molecular complexity index is 924. The molecule has 0 saturated carbocycles. The average Bonchev–Trinajstić information content (AvgIpc) is 3.31. The minimum absolute atomic E-state index is 0.0738. The minimum atomic E-state index is -0.597. The molecule has 0 spiro atoms. The summed E-state index contributed by atoms with van der Waals surface area (Å²) in [5, 5.41) is 14.6. The first-order valence-corrected chi connectivity index (χ1v) is 10.7. The molecule has 3 heterocycles. The average molecular weight is 435 g/mol. The molecule has 0 aliphatic carbocycles. The summed E-state index contributed by atoms with van der Waals surface area (Å²) in [6.07, 6.45) is 4.44. The van der Waals surface area contributed by atoms with E-state index in [1.807, 2.05) is 13.8 Å². The maximum atomic E-state index is 12.7. The molecule has 10 nitrogen and oxygen atoms in total. The number of hydrogen-bond acceptors (Lipinski definition) is 7. The molecule has 2 aromatic heterocycles. The second-order valence-corrected chi connectivity index (χ2v) is 8.19. The number of thiophene rings is 1. The van der Waals surface area contributed by atoms with Crippen molar-refractivity contribution >= 4 is 34.2 Å². The molecule has 162 valence electrons. The SMILES string of the molecule is CCOC(=O)c1c(NC(=O)NC2CCCN(C(C)C)C2=O)sc(-n2nccn2)c1C. The van der Waals surface area contributed by atoms with Crippen molar-refractivity contribution in [2.75, 3.05) is 18.5 Å². The van der Waals surface area contributed by atoms with E-state index in [0.717, 1.165) is 17.8 Å². The van der Waals surface area contributed by atoms with Gasteiger partial charge in [-0.2, -0.15) is 10.2 Å². The molecule has 1 aliphatic rings. The van der Waals surface area contributed by atoms with Gasteiger partial charge in [0.15, 0.2) is 0 Å². The van der Waals surface area contributed by atoms with Crippen LogP contribution in [0.15, 0.2) is 12.4 Å². The van der Waals surface area contributed by atoms with Crippen LogP contribution in [-0.2, 0) is 9.53 Å². The molecular formula is C19H26N6O4S. The molecule has 2 aromatic rings. The lowest BCUT2D eigenvalue weighted by Gasteiger charge is -2.35. The highest BCUT2D eigenvalue weighted by molar-refractivity contribution is 7.19. The predicted molar refractivity (Wildman–Crippen MR) is 112 cm³/mol. The number of aromatic nitrogens is 3. The number of esters is 1. The van der Waals surface area contributed by atoms with Gasteiger partial charge in [0, 0.05) is 18.2 Å². The van der Waals surface area contributed by atoms with Gasteiger partial charge in [-0.25, -0.2) is 9.59 Å². The van der Waals surface area contributed by atoms with E-state index in [4.69, 9.17) is 4.74 Å². The van der Waals surface area contributed by atoms with E-state index in [9.17, 15) is 14.4 Å². The quantitative estimate of drug-likeness (QED) is 0.674. The fourth-order valence-corrected chi connectivity index (χ4v) is 4.50. The van der Waals surface area contributed by atoms with E-state index < -0.39 is 18.0 Å². The number of ether oxygens (including phenoxy) is 1. The van der Waals surface area contributed by atoms with Gasteiger partial charge < -0.3 is 15.0 Å². The molecule has 3 amide bonds. The zero-order valence-corrected chi connectivity index (χ0v) is 18.3. The molecule has 3 rings (SSSR count). The molecule has 1 fully saturated rings. The van der Waals surface area contributed by atoms with E-state index in [2.05, 4.69) is 20.8 Å². The van der Waals surface area contributed by atoms with Gasteiger partial charge in [0.05, 0.1) is 24.6 Å². The van der Waals surface area contributed by atoms with Crippen molar-refractivity contribution in [1.29, 1.82) is 0 Å². The van der Waals surface area contributed by atoms with E-state index in [0.29, 0.717) is 28.5 Å². The summed E-state index contributed by atoms with van der Waals surface area (Å²) < 4.78 is 5.15. The van der Waals surface area contributed by atoms with Gasteiger partial charge in [-0.1, -0.05) is 11.3 Å². The maximum Gasteiger partial charge on any atom is 0.341 e. The largest absolute Gasteiger partial charge is 0.462 e. The van der Waals surface area contributed by atoms with Crippen molar-refractivity contribution in [2.24, 2.45) is 0 Å². The van der Waals surface area contributed by atoms with Crippen LogP contribution in [0.5, 0.6) is 0 Å². The molecule has 0 bridgehead atoms. The van der Waals surface area contributed by atoms with Crippen molar-refractivity contribution in [3.63, 3.8) is 0 Å². The van der Waals surface area contributed by atoms with Gasteiger partial charge in [0.1, 0.15) is 16.0 Å². The summed E-state index contributed by atoms with van der Waals surface area (Å²) in [5.41, 5.74) is 0.854. The van der Waals surface area contributed by atoms with Crippen molar-refractivity contribution in [3.05, 3.63) is 23.5 Å². The Balaban J connectivity index is 1.81. The van der Waals surface area contributed by atoms with E-state index >= 15 is 0 Å². The smallest absolute Gasteiger partial charge is 0.341 e. The van der Waals surface area contributed by atoms with Gasteiger partial charge >= 0.3 is 12.0 Å². The molecule has 1 aliphatic heterocycles. The Kier molecular flexibility index (Phi) is 6.70. The molecule has 0 radical (unpaired) electrons. The van der Waals surface area contributed by atoms with Crippen molar-refractivity contribution in [3.8, 4) is 5.00 Å². The number of hydrogen-bond donors (Lipinski definition) is 2. The number of carbonyl (C=O) groups excluding carboxylic acids is 3. The standard InChI is InChI=1S/C19H26N6O4S/c1-5-29-18(27)14-12(4)17(25-20-8-9-21-25)30-15(14)23-19(28)22-13-7-6-10-24(11(2)3)16(13)26/h8-9,11,13H,5-7,10H2,1-4H3,(H2,22,23,28). The first-order valence-electron chi connectivity index (χ1n) is 9.88. The number of amides is 3. The Labute approximate surface area is 178 Å². The third-order valence-electron chi connectivity index (χ3n) is 4.83. The number of nitrogens with zero attached hydrogens (tertiary/aromatic N) is 4. The summed E-state index contributed by atoms with van der Waals surface area (Å²) >= 11 is 1.16. The number of piperidine rings is 1. The number of rotatable bonds is 6. The molecule has 1 atom stereocenters. The van der Waals surface area contributed by atoms with Crippen LogP contribution in [0.25, 0.3) is 5.00 Å². The van der Waals surface area contributed by atoms with Gasteiger partial charge in [-0.15, -0.1) is 4.80 Å². The van der Waals surface area contributed by atoms with Gasteiger partial charge in [0.25, 0.3) is 0 Å². The highest BCUT2D eigenvalue weighted by atomic mass is 32.1. The molecule has 30 heavy (non-hydrogen) atoms. The number of nitrogens with one attached hydrogen (secondary N) is 2. The number of anilines is 1. The predicted octanol–water partition coefficient (Wildman–Crippen LogP) is 2.33. The van der Waals surface area contributed by atoms with Gasteiger partial charge in [0.2, 0.25) is 5.91 Å². The second-order valence-electron chi connectivity index (χ2n) is 7.19. The monoisotopic (exact) mass is 434 g/mol. The third kappa shape index (κ3) is 4.45. The first-order chi connectivity index (χ1) is 14.3. The normalized spacial score (nSPS) is 16.6. The summed E-state index contributed by atoms with van der Waals surface area (Å²) in [7, 11) is 0. The van der Waals surface area contributed by atoms with E-state index in [1.165, 1.54) is 17.2 Å². The zero-order chi connectivity index (χ0) is 21.8. The molecule has 0 aromatic carbocycles. The highest BCUT2D eigenvalue weighted by Crippen LogP contribution is 2.35. The zero-order valence-electron chi connectivity index (χ0n) is 17.5. The molecule has 2 N–H and O–H groups in total. The topological polar surface area (TPSA) is 118 Å². The fourth-order valence-electron chi connectivity index (χ4n) is 3.39. The van der Waals surface area contributed by atoms with Gasteiger partial charge in [-0.05, 0) is 40.5 Å². The van der Waals surface area contributed by atoms with Gasteiger partial charge in [-0.3, -0.25) is 10.1 Å². The minimum Gasteiger partial charge on any atom is -0.462 e. The summed E-state index contributed by atoms with van der Waals surface area (Å²) in [6.45, 7) is 8.25. The third-order valence-corrected chi connectivity index (χ3v) is 6.00. The number of carbonyl (C=O) groups is 3. The Morgan fingerprint density at radius 3 is 2.67 bits per heavy atom. The van der Waals surface area contributed by atoms with Crippen molar-refractivity contribution in [2.45, 2.75) is 52.6 Å². The van der Waals surface area contributed by atoms with Crippen LogP contribution in [0.3, 0.4) is 0 Å². The Morgan fingerprint density at radius 1 is 1.33 bits per heavy atom. The summed E-state index contributed by atoms with van der Waals surface area (Å²) in [4.78, 5) is 40.9. The molecule has 1 saturated heterocycles. The molecular weight excluding hydrogens is 408 g/mol. The fraction of sp³-hybridized carbons (Fsp3) is 0.526. The lowest BCUT2D eigenvalue weighted by atomic mass is 10.0. The van der Waals surface area contributed by atoms with Crippen LogP contribution in [-0.4, -0.2) is 63.0 Å². The van der Waals surface area contributed by atoms with Crippen LogP contribution in [0.4, 0.5) is 9.80 Å². The van der Waals surface area contributed by atoms with Crippen molar-refractivity contribution in [1.82, 2.24) is 25.2 Å². The van der Waals surface area contributed by atoms with Crippen LogP contribution in [0.1, 0.15) is 49.5 Å². The Hall–Kier alpha value is -2.95. The number of urea groups is 1. The van der Waals surface area contributed by atoms with Crippen LogP contribution >= 0.6 is 11.3 Å². The lowest BCUT2D eigenvalue weighted by Crippen LogP contribution is -2.54. The summed E-state index contributed by atoms with van der Waals surface area (Å²) in [5.74, 6) is -0.638. The van der Waals surface area contributed by atoms with Crippen molar-refractivity contribution < 1.29 is 19.1 Å². The van der Waals surface area contributed by atoms with Crippen LogP contribution < -0.4 is 10.6 Å². The van der Waals surface area contributed by atoms with E-state index in [1.54, 1.807) is 18.7 Å². The summed E-state index contributed by atoms with van der Waals surface area (Å²) in [6, 6.07) is -1.07. The maximum absolute atomic E-state index is 12.7. The number of likely N-dealkylation sites (tertiary alicyclic amines) is 1. The second kappa shape index (κ2) is 9.24. The highest BCUT2D eigenvalue weighted by Gasteiger charge is 2.32. The molecule has 11 heteroatoms.